The van der Waals surface area contributed by atoms with Crippen molar-refractivity contribution in [3.63, 3.8) is 0 Å². The van der Waals surface area contributed by atoms with Crippen LogP contribution in [0.5, 0.6) is 0 Å². The van der Waals surface area contributed by atoms with E-state index in [1.165, 1.54) is 0 Å². The van der Waals surface area contributed by atoms with E-state index in [-0.39, 0.29) is 12.5 Å². The SMILES string of the molecule is CN(C)c1nc(CNC(=O)c2ccncc2)nc(N2CCCC2)n1. The molecule has 0 radical (unpaired) electrons. The van der Waals surface area contributed by atoms with Gasteiger partial charge in [0, 0.05) is 45.1 Å². The maximum Gasteiger partial charge on any atom is 0.251 e. The van der Waals surface area contributed by atoms with Crippen molar-refractivity contribution in [2.45, 2.75) is 19.4 Å². The lowest BCUT2D eigenvalue weighted by atomic mass is 10.2. The zero-order chi connectivity index (χ0) is 16.9. The van der Waals surface area contributed by atoms with Gasteiger partial charge < -0.3 is 15.1 Å². The van der Waals surface area contributed by atoms with Crippen molar-refractivity contribution in [2.24, 2.45) is 0 Å². The summed E-state index contributed by atoms with van der Waals surface area (Å²) in [6, 6.07) is 3.34. The first-order chi connectivity index (χ1) is 11.6. The summed E-state index contributed by atoms with van der Waals surface area (Å²) in [4.78, 5) is 33.5. The number of carbonyl (C=O) groups is 1. The summed E-state index contributed by atoms with van der Waals surface area (Å²) in [5, 5.41) is 2.84. The Kier molecular flexibility index (Phi) is 4.83. The van der Waals surface area contributed by atoms with Gasteiger partial charge in [0.05, 0.1) is 6.54 Å². The van der Waals surface area contributed by atoms with Gasteiger partial charge in [-0.2, -0.15) is 15.0 Å². The van der Waals surface area contributed by atoms with Crippen LogP contribution in [0.25, 0.3) is 0 Å². The van der Waals surface area contributed by atoms with Crippen LogP contribution in [0.15, 0.2) is 24.5 Å². The molecule has 0 aliphatic carbocycles. The Balaban J connectivity index is 1.75. The minimum atomic E-state index is -0.174. The molecular formula is C16H21N7O. The van der Waals surface area contributed by atoms with Gasteiger partial charge in [-0.15, -0.1) is 0 Å². The van der Waals surface area contributed by atoms with E-state index >= 15 is 0 Å². The molecule has 0 unspecified atom stereocenters. The lowest BCUT2D eigenvalue weighted by molar-refractivity contribution is 0.0949. The van der Waals surface area contributed by atoms with Crippen LogP contribution in [0, 0.1) is 0 Å². The molecule has 1 fully saturated rings. The van der Waals surface area contributed by atoms with Crippen LogP contribution in [-0.2, 0) is 6.54 Å². The van der Waals surface area contributed by atoms with E-state index in [4.69, 9.17) is 0 Å². The third kappa shape index (κ3) is 3.76. The highest BCUT2D eigenvalue weighted by Crippen LogP contribution is 2.17. The average Bonchev–Trinajstić information content (AvgIpc) is 3.15. The van der Waals surface area contributed by atoms with Crippen molar-refractivity contribution in [3.05, 3.63) is 35.9 Å². The van der Waals surface area contributed by atoms with E-state index in [1.807, 2.05) is 19.0 Å². The summed E-state index contributed by atoms with van der Waals surface area (Å²) in [5.41, 5.74) is 0.562. The second kappa shape index (κ2) is 7.20. The molecule has 3 rings (SSSR count). The van der Waals surface area contributed by atoms with Crippen molar-refractivity contribution in [1.29, 1.82) is 0 Å². The van der Waals surface area contributed by atoms with Crippen molar-refractivity contribution < 1.29 is 4.79 Å². The molecule has 8 nitrogen and oxygen atoms in total. The number of aromatic nitrogens is 4. The fraction of sp³-hybridized carbons (Fsp3) is 0.438. The zero-order valence-corrected chi connectivity index (χ0v) is 13.9. The van der Waals surface area contributed by atoms with Crippen molar-refractivity contribution in [2.75, 3.05) is 37.0 Å². The van der Waals surface area contributed by atoms with E-state index in [0.717, 1.165) is 25.9 Å². The zero-order valence-electron chi connectivity index (χ0n) is 13.9. The van der Waals surface area contributed by atoms with Crippen LogP contribution in [-0.4, -0.2) is 53.0 Å². The van der Waals surface area contributed by atoms with E-state index in [1.54, 1.807) is 24.5 Å². The standard InChI is InChI=1S/C16H21N7O/c1-22(2)15-19-13(20-16(21-15)23-9-3-4-10-23)11-18-14(24)12-5-7-17-8-6-12/h5-8H,3-4,9-11H2,1-2H3,(H,18,24). The van der Waals surface area contributed by atoms with Crippen LogP contribution in [0.2, 0.25) is 0 Å². The van der Waals surface area contributed by atoms with E-state index in [9.17, 15) is 4.79 Å². The highest BCUT2D eigenvalue weighted by molar-refractivity contribution is 5.93. The summed E-state index contributed by atoms with van der Waals surface area (Å²) < 4.78 is 0. The largest absolute Gasteiger partial charge is 0.347 e. The Morgan fingerprint density at radius 3 is 2.54 bits per heavy atom. The van der Waals surface area contributed by atoms with Gasteiger partial charge in [-0.3, -0.25) is 9.78 Å². The normalized spacial score (nSPS) is 13.8. The van der Waals surface area contributed by atoms with Gasteiger partial charge in [0.15, 0.2) is 5.82 Å². The Bertz CT molecular complexity index is 699. The molecule has 0 spiro atoms. The van der Waals surface area contributed by atoms with Gasteiger partial charge in [0.25, 0.3) is 5.91 Å². The summed E-state index contributed by atoms with van der Waals surface area (Å²) in [7, 11) is 3.78. The van der Waals surface area contributed by atoms with Gasteiger partial charge in [-0.25, -0.2) is 0 Å². The topological polar surface area (TPSA) is 87.1 Å². The lowest BCUT2D eigenvalue weighted by Crippen LogP contribution is -2.27. The van der Waals surface area contributed by atoms with Gasteiger partial charge in [-0.1, -0.05) is 0 Å². The quantitative estimate of drug-likeness (QED) is 0.871. The predicted octanol–water partition coefficient (Wildman–Crippen LogP) is 0.863. The fourth-order valence-corrected chi connectivity index (χ4v) is 2.50. The molecule has 8 heteroatoms. The molecule has 0 aromatic carbocycles. The van der Waals surface area contributed by atoms with E-state index in [2.05, 4.69) is 30.2 Å². The van der Waals surface area contributed by atoms with Crippen LogP contribution in [0.4, 0.5) is 11.9 Å². The average molecular weight is 327 g/mol. The minimum absolute atomic E-state index is 0.174. The Morgan fingerprint density at radius 1 is 1.17 bits per heavy atom. The number of hydrogen-bond donors (Lipinski definition) is 1. The molecule has 3 heterocycles. The fourth-order valence-electron chi connectivity index (χ4n) is 2.50. The number of nitrogens with zero attached hydrogens (tertiary/aromatic N) is 6. The molecule has 126 valence electrons. The first kappa shape index (κ1) is 16.1. The third-order valence-electron chi connectivity index (χ3n) is 3.80. The van der Waals surface area contributed by atoms with Crippen molar-refractivity contribution >= 4 is 17.8 Å². The summed E-state index contributed by atoms with van der Waals surface area (Å²) in [6.07, 6.45) is 5.48. The van der Waals surface area contributed by atoms with Gasteiger partial charge >= 0.3 is 0 Å². The molecule has 1 saturated heterocycles. The minimum Gasteiger partial charge on any atom is -0.347 e. The molecule has 1 aliphatic rings. The number of carbonyl (C=O) groups excluding carboxylic acids is 1. The number of pyridine rings is 1. The number of nitrogens with one attached hydrogen (secondary N) is 1. The Labute approximate surface area is 141 Å². The van der Waals surface area contributed by atoms with Gasteiger partial charge in [0.2, 0.25) is 11.9 Å². The van der Waals surface area contributed by atoms with Crippen LogP contribution < -0.4 is 15.1 Å². The molecule has 0 saturated carbocycles. The van der Waals surface area contributed by atoms with Gasteiger partial charge in [0.1, 0.15) is 0 Å². The van der Waals surface area contributed by atoms with Crippen molar-refractivity contribution in [3.8, 4) is 0 Å². The molecular weight excluding hydrogens is 306 g/mol. The summed E-state index contributed by atoms with van der Waals surface area (Å²) in [6.45, 7) is 2.17. The molecule has 2 aromatic rings. The van der Waals surface area contributed by atoms with E-state index < -0.39 is 0 Å². The highest BCUT2D eigenvalue weighted by atomic mass is 16.1. The molecule has 0 bridgehead atoms. The van der Waals surface area contributed by atoms with Gasteiger partial charge in [-0.05, 0) is 25.0 Å². The smallest absolute Gasteiger partial charge is 0.251 e. The summed E-state index contributed by atoms with van der Waals surface area (Å²) in [5.74, 6) is 1.66. The Hall–Kier alpha value is -2.77. The van der Waals surface area contributed by atoms with Crippen LogP contribution >= 0.6 is 0 Å². The molecule has 0 atom stereocenters. The predicted molar refractivity (Wildman–Crippen MR) is 91.0 cm³/mol. The van der Waals surface area contributed by atoms with E-state index in [0.29, 0.717) is 23.3 Å². The van der Waals surface area contributed by atoms with Crippen molar-refractivity contribution in [1.82, 2.24) is 25.3 Å². The number of rotatable bonds is 5. The summed E-state index contributed by atoms with van der Waals surface area (Å²) >= 11 is 0. The second-order valence-electron chi connectivity index (χ2n) is 5.86. The Morgan fingerprint density at radius 2 is 1.88 bits per heavy atom. The molecule has 1 N–H and O–H groups in total. The van der Waals surface area contributed by atoms with Crippen LogP contribution in [0.1, 0.15) is 29.0 Å². The first-order valence-corrected chi connectivity index (χ1v) is 7.99. The molecule has 1 amide bonds. The maximum atomic E-state index is 12.1. The monoisotopic (exact) mass is 327 g/mol. The highest BCUT2D eigenvalue weighted by Gasteiger charge is 2.18. The number of anilines is 2. The third-order valence-corrected chi connectivity index (χ3v) is 3.80. The maximum absolute atomic E-state index is 12.1. The second-order valence-corrected chi connectivity index (χ2v) is 5.86. The lowest BCUT2D eigenvalue weighted by Gasteiger charge is -2.18. The number of amides is 1. The molecule has 2 aromatic heterocycles. The van der Waals surface area contributed by atoms with Crippen LogP contribution in [0.3, 0.4) is 0 Å². The molecule has 1 aliphatic heterocycles. The first-order valence-electron chi connectivity index (χ1n) is 7.99. The molecule has 24 heavy (non-hydrogen) atoms. The number of hydrogen-bond acceptors (Lipinski definition) is 7.